The number of hydrogen-bond donors (Lipinski definition) is 0. The SMILES string of the molecule is B=NCCC(CCSC)C(=O)CCSCCN(CCCSCCN(CCSC)C(=O)CN=B)C(=O)CN=B. The van der Waals surface area contributed by atoms with Gasteiger partial charge in [-0.05, 0) is 0 Å². The van der Waals surface area contributed by atoms with Crippen molar-refractivity contribution in [3.8, 4) is 0 Å². The first-order chi connectivity index (χ1) is 18.4. The van der Waals surface area contributed by atoms with Gasteiger partial charge in [0.1, 0.15) is 0 Å². The number of amides is 2. The third kappa shape index (κ3) is 19.6. The van der Waals surface area contributed by atoms with Crippen LogP contribution in [0.25, 0.3) is 0 Å². The molecule has 0 aliphatic rings. The summed E-state index contributed by atoms with van der Waals surface area (Å²) in [5, 5.41) is 0. The molecule has 0 aliphatic carbocycles. The molecule has 2 amide bonds. The summed E-state index contributed by atoms with van der Waals surface area (Å²) in [6.45, 7) is 3.58. The zero-order valence-corrected chi connectivity index (χ0v) is 26.6. The van der Waals surface area contributed by atoms with Gasteiger partial charge in [0, 0.05) is 0 Å². The van der Waals surface area contributed by atoms with Crippen LogP contribution in [0.1, 0.15) is 25.7 Å². The quantitative estimate of drug-likeness (QED) is 0.105. The Balaban J connectivity index is 4.40. The molecule has 38 heavy (non-hydrogen) atoms. The first-order valence-corrected chi connectivity index (χ1v) is 18.0. The van der Waals surface area contributed by atoms with Crippen molar-refractivity contribution in [1.82, 2.24) is 9.80 Å². The molecule has 15 heteroatoms. The molecule has 8 nitrogen and oxygen atoms in total. The van der Waals surface area contributed by atoms with Crippen LogP contribution >= 0.6 is 47.0 Å². The van der Waals surface area contributed by atoms with E-state index >= 15 is 0 Å². The van der Waals surface area contributed by atoms with Crippen molar-refractivity contribution in [1.29, 1.82) is 0 Å². The molecule has 0 aromatic rings. The first kappa shape index (κ1) is 37.6. The molecule has 0 radical (unpaired) electrons. The van der Waals surface area contributed by atoms with Gasteiger partial charge >= 0.3 is 251 Å². The van der Waals surface area contributed by atoms with Crippen molar-refractivity contribution in [2.24, 2.45) is 20.6 Å². The van der Waals surface area contributed by atoms with Crippen molar-refractivity contribution < 1.29 is 14.4 Å². The molecule has 0 aliphatic heterocycles. The van der Waals surface area contributed by atoms with Crippen LogP contribution in [0.3, 0.4) is 0 Å². The van der Waals surface area contributed by atoms with Crippen LogP contribution in [0.4, 0.5) is 0 Å². The van der Waals surface area contributed by atoms with Gasteiger partial charge in [0.15, 0.2) is 0 Å². The Morgan fingerprint density at radius 1 is 0.684 bits per heavy atom. The van der Waals surface area contributed by atoms with E-state index in [1.54, 1.807) is 47.0 Å². The van der Waals surface area contributed by atoms with Gasteiger partial charge in [0.2, 0.25) is 0 Å². The van der Waals surface area contributed by atoms with Gasteiger partial charge in [-0.3, -0.25) is 0 Å². The van der Waals surface area contributed by atoms with Gasteiger partial charge in [0.25, 0.3) is 0 Å². The molecular formula is C23H44B3N5O3S4. The molecule has 0 heterocycles. The molecule has 0 aromatic heterocycles. The molecule has 1 unspecified atom stereocenters. The number of ketones is 1. The monoisotopic (exact) mass is 599 g/mol. The summed E-state index contributed by atoms with van der Waals surface area (Å²) in [4.78, 5) is 52.4. The normalized spacial score (nSPS) is 11.4. The van der Waals surface area contributed by atoms with E-state index < -0.39 is 0 Å². The van der Waals surface area contributed by atoms with Crippen molar-refractivity contribution in [3.05, 3.63) is 0 Å². The van der Waals surface area contributed by atoms with E-state index in [0.717, 1.165) is 60.3 Å². The minimum absolute atomic E-state index is 0.0125. The molecule has 0 aromatic carbocycles. The van der Waals surface area contributed by atoms with Crippen LogP contribution in [0.2, 0.25) is 0 Å². The zero-order valence-electron chi connectivity index (χ0n) is 23.3. The van der Waals surface area contributed by atoms with E-state index in [1.165, 1.54) is 0 Å². The van der Waals surface area contributed by atoms with Gasteiger partial charge < -0.3 is 0 Å². The summed E-state index contributed by atoms with van der Waals surface area (Å²) in [5.41, 5.74) is 0. The van der Waals surface area contributed by atoms with Gasteiger partial charge in [-0.25, -0.2) is 0 Å². The summed E-state index contributed by atoms with van der Waals surface area (Å²) >= 11 is 6.99. The van der Waals surface area contributed by atoms with Crippen LogP contribution in [0.5, 0.6) is 0 Å². The minimum atomic E-state index is -0.0125. The fraction of sp³-hybridized carbons (Fsp3) is 0.870. The second-order valence-corrected chi connectivity index (χ2v) is 12.9. The molecule has 0 saturated carbocycles. The van der Waals surface area contributed by atoms with Gasteiger partial charge in [-0.15, -0.1) is 0 Å². The van der Waals surface area contributed by atoms with Crippen LogP contribution in [-0.4, -0.2) is 143 Å². The Bertz CT molecular complexity index is 713. The zero-order chi connectivity index (χ0) is 28.4. The number of carbonyl (C=O) groups excluding carboxylic acids is 3. The van der Waals surface area contributed by atoms with Gasteiger partial charge in [0.05, 0.1) is 0 Å². The summed E-state index contributed by atoms with van der Waals surface area (Å²) in [6.07, 6.45) is 7.19. The molecule has 0 fully saturated rings. The Hall–Kier alpha value is -0.395. The Kier molecular flexibility index (Phi) is 26.5. The second-order valence-electron chi connectivity index (χ2n) is 8.53. The summed E-state index contributed by atoms with van der Waals surface area (Å²) < 4.78 is 0. The number of thioether (sulfide) groups is 4. The third-order valence-electron chi connectivity index (χ3n) is 5.75. The van der Waals surface area contributed by atoms with Crippen LogP contribution in [0, 0.1) is 5.92 Å². The second kappa shape index (κ2) is 26.8. The topological polar surface area (TPSA) is 94.8 Å². The first-order valence-electron chi connectivity index (χ1n) is 12.9. The number of Topliss-reactive ketones (excluding diaryl/α,β-unsaturated/α-hetero) is 1. The fourth-order valence-corrected chi connectivity index (χ4v) is 6.29. The average Bonchev–Trinajstić information content (AvgIpc) is 2.90. The molecule has 0 spiro atoms. The Morgan fingerprint density at radius 3 is 1.79 bits per heavy atom. The van der Waals surface area contributed by atoms with Crippen LogP contribution < -0.4 is 0 Å². The summed E-state index contributed by atoms with van der Waals surface area (Å²) in [7, 11) is 10.4. The van der Waals surface area contributed by atoms with E-state index in [2.05, 4.69) is 43.9 Å². The Labute approximate surface area is 249 Å². The van der Waals surface area contributed by atoms with E-state index in [0.29, 0.717) is 38.4 Å². The Morgan fingerprint density at radius 2 is 1.24 bits per heavy atom. The molecule has 0 rings (SSSR count). The molecule has 0 saturated heterocycles. The van der Waals surface area contributed by atoms with Crippen LogP contribution in [-0.2, 0) is 14.4 Å². The predicted octanol–water partition coefficient (Wildman–Crippen LogP) is 1.83. The average molecular weight is 599 g/mol. The van der Waals surface area contributed by atoms with Gasteiger partial charge in [-0.1, -0.05) is 0 Å². The molecule has 0 bridgehead atoms. The van der Waals surface area contributed by atoms with Crippen molar-refractivity contribution >= 4 is 87.6 Å². The molecular weight excluding hydrogens is 555 g/mol. The third-order valence-corrected chi connectivity index (χ3v) is 8.99. The molecule has 1 atom stereocenters. The fourth-order valence-electron chi connectivity index (χ4n) is 3.58. The van der Waals surface area contributed by atoms with E-state index in [9.17, 15) is 14.4 Å². The molecule has 212 valence electrons. The van der Waals surface area contributed by atoms with Gasteiger partial charge in [-0.2, -0.15) is 0 Å². The standard InChI is InChI=1S/C23H44B3N5O3S4/c1-35-13-5-20(4-7-27-24)21(32)6-14-38-17-10-30(22(33)18-28-25)8-3-12-37-16-11-31(9-15-36-2)23(34)19-29-26/h20,24-26H,3-19H2,1-2H3. The van der Waals surface area contributed by atoms with Crippen molar-refractivity contribution in [2.45, 2.75) is 25.7 Å². The van der Waals surface area contributed by atoms with E-state index in [1.807, 2.05) is 16.1 Å². The summed E-state index contributed by atoms with van der Waals surface area (Å²) in [6, 6.07) is 0. The van der Waals surface area contributed by atoms with E-state index in [-0.39, 0.29) is 30.8 Å². The maximum atomic E-state index is 12.6. The number of hydrogen-bond acceptors (Lipinski definition) is 10. The van der Waals surface area contributed by atoms with Crippen molar-refractivity contribution in [3.63, 3.8) is 0 Å². The van der Waals surface area contributed by atoms with Crippen LogP contribution in [0.15, 0.2) is 14.7 Å². The maximum absolute atomic E-state index is 12.6. The van der Waals surface area contributed by atoms with E-state index in [4.69, 9.17) is 0 Å². The number of carbonyl (C=O) groups is 3. The molecule has 0 N–H and O–H groups in total. The number of rotatable bonds is 27. The predicted molar refractivity (Wildman–Crippen MR) is 175 cm³/mol. The van der Waals surface area contributed by atoms with Crippen molar-refractivity contribution in [2.75, 3.05) is 92.8 Å². The number of nitrogens with zero attached hydrogens (tertiary/aromatic N) is 5. The summed E-state index contributed by atoms with van der Waals surface area (Å²) in [5.74, 6) is 5.58.